The number of sulfonamides is 2. The fourth-order valence-corrected chi connectivity index (χ4v) is 3.85. The van der Waals surface area contributed by atoms with Crippen LogP contribution in [0, 0.1) is 0 Å². The SMILES string of the molecule is O=S(=O)(NC1(NS(=O)(=O)C(F)(F)F)CCCCC1)C(F)(F)F. The van der Waals surface area contributed by atoms with Crippen LogP contribution in [0.4, 0.5) is 26.3 Å². The maximum Gasteiger partial charge on any atom is 0.511 e. The Hall–Kier alpha value is -0.600. The number of halogens is 6. The molecule has 1 rings (SSSR count). The zero-order chi connectivity index (χ0) is 17.4. The Morgan fingerprint density at radius 1 is 0.682 bits per heavy atom. The van der Waals surface area contributed by atoms with Gasteiger partial charge < -0.3 is 0 Å². The molecule has 1 saturated carbocycles. The Morgan fingerprint density at radius 2 is 1.00 bits per heavy atom. The fourth-order valence-electron chi connectivity index (χ4n) is 2.01. The lowest BCUT2D eigenvalue weighted by molar-refractivity contribution is -0.0478. The highest BCUT2D eigenvalue weighted by atomic mass is 32.2. The van der Waals surface area contributed by atoms with Crippen molar-refractivity contribution in [1.29, 1.82) is 0 Å². The van der Waals surface area contributed by atoms with Crippen LogP contribution in [0.2, 0.25) is 0 Å². The Balaban J connectivity index is 3.18. The molecule has 0 aromatic heterocycles. The summed E-state index contributed by atoms with van der Waals surface area (Å²) in [5.74, 6) is 0. The molecular weight excluding hydrogens is 366 g/mol. The van der Waals surface area contributed by atoms with E-state index in [9.17, 15) is 43.2 Å². The van der Waals surface area contributed by atoms with Gasteiger partial charge in [-0.3, -0.25) is 0 Å². The highest BCUT2D eigenvalue weighted by Crippen LogP contribution is 2.33. The maximum atomic E-state index is 12.4. The summed E-state index contributed by atoms with van der Waals surface area (Å²) in [7, 11) is -12.0. The van der Waals surface area contributed by atoms with Gasteiger partial charge in [0.05, 0.1) is 5.66 Å². The molecule has 1 aliphatic carbocycles. The van der Waals surface area contributed by atoms with E-state index in [2.05, 4.69) is 0 Å². The first kappa shape index (κ1) is 19.4. The first-order valence-corrected chi connectivity index (χ1v) is 8.79. The summed E-state index contributed by atoms with van der Waals surface area (Å²) in [6.45, 7) is 0. The average molecular weight is 378 g/mol. The lowest BCUT2D eigenvalue weighted by atomic mass is 9.91. The minimum absolute atomic E-state index is 0.0563. The van der Waals surface area contributed by atoms with Gasteiger partial charge in [0.1, 0.15) is 0 Å². The molecule has 0 saturated heterocycles. The van der Waals surface area contributed by atoms with Gasteiger partial charge >= 0.3 is 31.1 Å². The number of alkyl halides is 6. The van der Waals surface area contributed by atoms with Crippen LogP contribution in [0.15, 0.2) is 0 Å². The van der Waals surface area contributed by atoms with Gasteiger partial charge in [0.15, 0.2) is 0 Å². The molecule has 0 radical (unpaired) electrons. The van der Waals surface area contributed by atoms with Crippen LogP contribution >= 0.6 is 0 Å². The third-order valence-electron chi connectivity index (χ3n) is 2.98. The van der Waals surface area contributed by atoms with Gasteiger partial charge in [-0.05, 0) is 12.8 Å². The van der Waals surface area contributed by atoms with E-state index in [1.807, 2.05) is 0 Å². The number of hydrogen-bond donors (Lipinski definition) is 2. The molecule has 1 aliphatic rings. The van der Waals surface area contributed by atoms with Crippen molar-refractivity contribution >= 4 is 20.0 Å². The second-order valence-electron chi connectivity index (χ2n) is 4.75. The third-order valence-corrected chi connectivity index (χ3v) is 5.51. The van der Waals surface area contributed by atoms with Crippen LogP contribution in [0.5, 0.6) is 0 Å². The van der Waals surface area contributed by atoms with Crippen molar-refractivity contribution in [1.82, 2.24) is 9.44 Å². The zero-order valence-electron chi connectivity index (χ0n) is 10.8. The molecule has 6 nitrogen and oxygen atoms in total. The Labute approximate surface area is 122 Å². The topological polar surface area (TPSA) is 92.3 Å². The molecule has 0 unspecified atom stereocenters. The summed E-state index contributed by atoms with van der Waals surface area (Å²) in [6, 6.07) is 0. The molecule has 0 aromatic carbocycles. The van der Waals surface area contributed by atoms with Gasteiger partial charge in [-0.15, -0.1) is 0 Å². The predicted molar refractivity (Wildman–Crippen MR) is 62.0 cm³/mol. The summed E-state index contributed by atoms with van der Waals surface area (Å²) < 4.78 is 121. The molecule has 1 fully saturated rings. The molecule has 0 atom stereocenters. The van der Waals surface area contributed by atoms with Crippen molar-refractivity contribution in [2.24, 2.45) is 0 Å². The normalized spacial score (nSPS) is 20.8. The van der Waals surface area contributed by atoms with Crippen LogP contribution in [0.25, 0.3) is 0 Å². The van der Waals surface area contributed by atoms with Crippen LogP contribution < -0.4 is 9.44 Å². The van der Waals surface area contributed by atoms with Gasteiger partial charge in [-0.2, -0.15) is 35.8 Å². The Bertz CT molecular complexity index is 556. The van der Waals surface area contributed by atoms with Crippen molar-refractivity contribution < 1.29 is 43.2 Å². The molecule has 22 heavy (non-hydrogen) atoms. The first-order chi connectivity index (χ1) is 9.62. The maximum absolute atomic E-state index is 12.4. The molecule has 14 heteroatoms. The van der Waals surface area contributed by atoms with Crippen molar-refractivity contribution in [2.45, 2.75) is 48.8 Å². The molecule has 2 N–H and O–H groups in total. The van der Waals surface area contributed by atoms with Crippen LogP contribution in [0.1, 0.15) is 32.1 Å². The Kier molecular flexibility index (Phi) is 5.12. The molecule has 0 spiro atoms. The van der Waals surface area contributed by atoms with Crippen molar-refractivity contribution in [3.63, 3.8) is 0 Å². The van der Waals surface area contributed by atoms with Crippen molar-refractivity contribution in [3.05, 3.63) is 0 Å². The minimum Gasteiger partial charge on any atom is -0.203 e. The molecule has 0 bridgehead atoms. The van der Waals surface area contributed by atoms with E-state index in [1.165, 1.54) is 0 Å². The van der Waals surface area contributed by atoms with Crippen LogP contribution in [0.3, 0.4) is 0 Å². The molecule has 0 aromatic rings. The molecule has 132 valence electrons. The van der Waals surface area contributed by atoms with Gasteiger partial charge in [0.25, 0.3) is 0 Å². The van der Waals surface area contributed by atoms with E-state index >= 15 is 0 Å². The molecular formula is C8H12F6N2O4S2. The fraction of sp³-hybridized carbons (Fsp3) is 1.00. The standard InChI is InChI=1S/C8H12F6N2O4S2/c9-7(10,11)21(17,18)15-6(4-2-1-3-5-6)16-22(19,20)8(12,13)14/h15-16H,1-5H2. The summed E-state index contributed by atoms with van der Waals surface area (Å²) in [5.41, 5.74) is -14.1. The lowest BCUT2D eigenvalue weighted by Gasteiger charge is -2.38. The molecule has 0 aliphatic heterocycles. The summed E-state index contributed by atoms with van der Waals surface area (Å²) in [6.07, 6.45) is -0.528. The largest absolute Gasteiger partial charge is 0.511 e. The number of hydrogen-bond acceptors (Lipinski definition) is 4. The average Bonchev–Trinajstić information content (AvgIpc) is 2.24. The second-order valence-corrected chi connectivity index (χ2v) is 8.09. The second kappa shape index (κ2) is 5.79. The van der Waals surface area contributed by atoms with Gasteiger partial charge in [0, 0.05) is 0 Å². The zero-order valence-corrected chi connectivity index (χ0v) is 12.4. The quantitative estimate of drug-likeness (QED) is 0.573. The predicted octanol–water partition coefficient (Wildman–Crippen LogP) is 1.53. The summed E-state index contributed by atoms with van der Waals surface area (Å²) >= 11 is 0. The molecule has 0 amide bonds. The van der Waals surface area contributed by atoms with E-state index in [0.29, 0.717) is 6.42 Å². The number of rotatable bonds is 4. The van der Waals surface area contributed by atoms with Crippen LogP contribution in [-0.2, 0) is 20.0 Å². The highest BCUT2D eigenvalue weighted by Gasteiger charge is 2.55. The Morgan fingerprint density at radius 3 is 1.27 bits per heavy atom. The van der Waals surface area contributed by atoms with Crippen molar-refractivity contribution in [2.75, 3.05) is 0 Å². The lowest BCUT2D eigenvalue weighted by Crippen LogP contribution is -2.64. The highest BCUT2D eigenvalue weighted by molar-refractivity contribution is 7.91. The van der Waals surface area contributed by atoms with Crippen LogP contribution in [-0.4, -0.2) is 33.5 Å². The van der Waals surface area contributed by atoms with E-state index in [-0.39, 0.29) is 12.8 Å². The minimum atomic E-state index is -6.02. The van der Waals surface area contributed by atoms with Gasteiger partial charge in [-0.1, -0.05) is 19.3 Å². The number of nitrogens with one attached hydrogen (secondary N) is 2. The van der Waals surface area contributed by atoms with E-state index in [1.54, 1.807) is 0 Å². The monoisotopic (exact) mass is 378 g/mol. The van der Waals surface area contributed by atoms with Gasteiger partial charge in [-0.25, -0.2) is 16.8 Å². The van der Waals surface area contributed by atoms with Crippen molar-refractivity contribution in [3.8, 4) is 0 Å². The first-order valence-electron chi connectivity index (χ1n) is 5.82. The van der Waals surface area contributed by atoms with E-state index in [0.717, 1.165) is 9.44 Å². The van der Waals surface area contributed by atoms with Gasteiger partial charge in [0.2, 0.25) is 0 Å². The third kappa shape index (κ3) is 4.23. The van der Waals surface area contributed by atoms with E-state index < -0.39 is 49.6 Å². The molecule has 0 heterocycles. The summed E-state index contributed by atoms with van der Waals surface area (Å²) in [4.78, 5) is 0. The van der Waals surface area contributed by atoms with E-state index in [4.69, 9.17) is 0 Å². The smallest absolute Gasteiger partial charge is 0.203 e. The summed E-state index contributed by atoms with van der Waals surface area (Å²) in [5, 5.41) is 0.